The molecule has 12 nitrogen and oxygen atoms in total. The Morgan fingerprint density at radius 3 is 2.41 bits per heavy atom. The van der Waals surface area contributed by atoms with E-state index in [1.54, 1.807) is 51.8 Å². The second-order valence-corrected chi connectivity index (χ2v) is 13.0. The molecule has 0 saturated carbocycles. The van der Waals surface area contributed by atoms with Gasteiger partial charge in [0.05, 0.1) is 12.7 Å². The molecule has 0 aliphatic heterocycles. The number of hydrogen-bond donors (Lipinski definition) is 1. The zero-order valence-electron chi connectivity index (χ0n) is 24.7. The maximum atomic E-state index is 13.5. The van der Waals surface area contributed by atoms with Crippen LogP contribution >= 0.6 is 27.3 Å². The zero-order chi connectivity index (χ0) is 31.5. The van der Waals surface area contributed by atoms with Crippen LogP contribution in [0.3, 0.4) is 0 Å². The molecule has 0 unspecified atom stereocenters. The predicted molar refractivity (Wildman–Crippen MR) is 166 cm³/mol. The van der Waals surface area contributed by atoms with Crippen LogP contribution in [0.1, 0.15) is 54.5 Å². The van der Waals surface area contributed by atoms with E-state index >= 15 is 0 Å². The quantitative estimate of drug-likeness (QED) is 0.189. The third kappa shape index (κ3) is 7.55. The van der Waals surface area contributed by atoms with Gasteiger partial charge in [-0.2, -0.15) is 0 Å². The van der Waals surface area contributed by atoms with Crippen LogP contribution in [0.15, 0.2) is 73.7 Å². The summed E-state index contributed by atoms with van der Waals surface area (Å²) in [5.74, 6) is 0.102. The molecule has 0 bridgehead atoms. The number of thiazole rings is 1. The summed E-state index contributed by atoms with van der Waals surface area (Å²) in [6.07, 6.45) is 2.60. The molecule has 0 fully saturated rings. The highest BCUT2D eigenvalue weighted by atomic mass is 79.9. The molecule has 44 heavy (non-hydrogen) atoms. The summed E-state index contributed by atoms with van der Waals surface area (Å²) in [5, 5.41) is 14.1. The lowest BCUT2D eigenvalue weighted by Gasteiger charge is -2.29. The molecular weight excluding hydrogens is 650 g/mol. The lowest BCUT2D eigenvalue weighted by Crippen LogP contribution is -2.47. The average Bonchev–Trinajstić information content (AvgIpc) is 3.74. The number of amides is 2. The number of alkyl carbamates (subject to hydrolysis) is 1. The Hall–Kier alpha value is -4.43. The van der Waals surface area contributed by atoms with Crippen LogP contribution in [0.2, 0.25) is 0 Å². The molecule has 1 atom stereocenters. The third-order valence-corrected chi connectivity index (χ3v) is 7.80. The Balaban J connectivity index is 1.50. The Kier molecular flexibility index (Phi) is 8.92. The number of nitrogens with one attached hydrogen (secondary N) is 1. The molecular formula is C30H30BrN7O5S. The highest BCUT2D eigenvalue weighted by Crippen LogP contribution is 2.30. The maximum absolute atomic E-state index is 13.5. The van der Waals surface area contributed by atoms with Crippen molar-refractivity contribution in [1.29, 1.82) is 0 Å². The van der Waals surface area contributed by atoms with Crippen molar-refractivity contribution in [2.45, 2.75) is 51.8 Å². The smallest absolute Gasteiger partial charge is 0.408 e. The Bertz CT molecular complexity index is 1750. The summed E-state index contributed by atoms with van der Waals surface area (Å²) in [4.78, 5) is 41.2. The number of carbonyl (C=O) groups excluding carboxylic acids is 2. The van der Waals surface area contributed by atoms with E-state index in [0.717, 1.165) is 10.6 Å². The molecule has 0 saturated heterocycles. The standard InChI is InChI=1S/C30H30BrN7O5S/c1-29(2,3)43-28(40)35-30(4,15-18-9-7-6-8-10-18)27-37-36-25(42-27)21-14-19(13-20(33-21)24-32-11-12-41-24)26(39)38(5)16-23-34-22(31)17-44-23/h6-14,17H,15-16H2,1-5H3,(H,35,40)/t30-/m1/s1. The van der Waals surface area contributed by atoms with Gasteiger partial charge in [-0.3, -0.25) is 4.79 Å². The molecule has 5 rings (SSSR count). The third-order valence-electron chi connectivity index (χ3n) is 6.26. The van der Waals surface area contributed by atoms with Crippen molar-refractivity contribution in [2.75, 3.05) is 7.05 Å². The van der Waals surface area contributed by atoms with Gasteiger partial charge in [0.2, 0.25) is 11.8 Å². The van der Waals surface area contributed by atoms with Gasteiger partial charge in [-0.25, -0.2) is 19.7 Å². The fraction of sp³-hybridized carbons (Fsp3) is 0.300. The van der Waals surface area contributed by atoms with E-state index in [9.17, 15) is 9.59 Å². The minimum atomic E-state index is -1.14. The van der Waals surface area contributed by atoms with Crippen molar-refractivity contribution >= 4 is 39.3 Å². The summed E-state index contributed by atoms with van der Waals surface area (Å²) >= 11 is 4.79. The fourth-order valence-corrected chi connectivity index (χ4v) is 5.65. The Morgan fingerprint density at radius 1 is 1.05 bits per heavy atom. The molecule has 0 aliphatic rings. The molecule has 4 aromatic heterocycles. The van der Waals surface area contributed by atoms with Crippen molar-refractivity contribution < 1.29 is 23.2 Å². The minimum absolute atomic E-state index is 0.0410. The molecule has 0 aliphatic carbocycles. The predicted octanol–water partition coefficient (Wildman–Crippen LogP) is 6.26. The average molecular weight is 681 g/mol. The fourth-order valence-electron chi connectivity index (χ4n) is 4.34. The molecule has 2 amide bonds. The van der Waals surface area contributed by atoms with Crippen molar-refractivity contribution in [3.63, 3.8) is 0 Å². The van der Waals surface area contributed by atoms with E-state index in [4.69, 9.17) is 13.6 Å². The number of carbonyl (C=O) groups is 2. The maximum Gasteiger partial charge on any atom is 0.408 e. The number of pyridine rings is 1. The van der Waals surface area contributed by atoms with Gasteiger partial charge in [-0.05, 0) is 61.3 Å². The summed E-state index contributed by atoms with van der Waals surface area (Å²) in [6, 6.07) is 12.8. The lowest BCUT2D eigenvalue weighted by atomic mass is 9.92. The van der Waals surface area contributed by atoms with E-state index in [-0.39, 0.29) is 29.3 Å². The van der Waals surface area contributed by atoms with Crippen molar-refractivity contribution in [3.05, 3.63) is 86.9 Å². The normalized spacial score (nSPS) is 12.9. The Morgan fingerprint density at radius 2 is 1.77 bits per heavy atom. The van der Waals surface area contributed by atoms with Crippen LogP contribution in [0.4, 0.5) is 4.79 Å². The minimum Gasteiger partial charge on any atom is -0.444 e. The first-order valence-corrected chi connectivity index (χ1v) is 15.2. The molecule has 228 valence electrons. The number of oxazole rings is 1. The van der Waals surface area contributed by atoms with Crippen LogP contribution in [0, 0.1) is 0 Å². The summed E-state index contributed by atoms with van der Waals surface area (Å²) in [5.41, 5.74) is -0.0881. The summed E-state index contributed by atoms with van der Waals surface area (Å²) in [7, 11) is 1.69. The number of rotatable bonds is 9. The Labute approximate surface area is 266 Å². The summed E-state index contributed by atoms with van der Waals surface area (Å²) in [6.45, 7) is 7.43. The van der Waals surface area contributed by atoms with Crippen LogP contribution in [-0.4, -0.2) is 54.7 Å². The number of benzene rings is 1. The van der Waals surface area contributed by atoms with E-state index in [2.05, 4.69) is 46.4 Å². The van der Waals surface area contributed by atoms with Gasteiger partial charge in [-0.15, -0.1) is 21.5 Å². The van der Waals surface area contributed by atoms with Crippen LogP contribution in [0.5, 0.6) is 0 Å². The van der Waals surface area contributed by atoms with Gasteiger partial charge in [0.15, 0.2) is 0 Å². The first-order chi connectivity index (χ1) is 20.9. The van der Waals surface area contributed by atoms with Crippen molar-refractivity contribution in [2.24, 2.45) is 0 Å². The number of hydrogen-bond acceptors (Lipinski definition) is 11. The van der Waals surface area contributed by atoms with Crippen LogP contribution < -0.4 is 5.32 Å². The molecule has 4 heterocycles. The lowest BCUT2D eigenvalue weighted by molar-refractivity contribution is 0.0443. The highest BCUT2D eigenvalue weighted by molar-refractivity contribution is 9.10. The number of nitrogens with zero attached hydrogens (tertiary/aromatic N) is 6. The second kappa shape index (κ2) is 12.7. The molecule has 1 aromatic carbocycles. The van der Waals surface area contributed by atoms with E-state index in [1.807, 2.05) is 35.7 Å². The first-order valence-electron chi connectivity index (χ1n) is 13.6. The van der Waals surface area contributed by atoms with E-state index < -0.39 is 17.2 Å². The van der Waals surface area contributed by atoms with E-state index in [0.29, 0.717) is 28.8 Å². The highest BCUT2D eigenvalue weighted by Gasteiger charge is 2.37. The van der Waals surface area contributed by atoms with Gasteiger partial charge >= 0.3 is 6.09 Å². The van der Waals surface area contributed by atoms with Crippen molar-refractivity contribution in [1.82, 2.24) is 35.4 Å². The number of ether oxygens (including phenoxy) is 1. The van der Waals surface area contributed by atoms with Crippen molar-refractivity contribution in [3.8, 4) is 23.2 Å². The molecule has 0 radical (unpaired) electrons. The number of aromatic nitrogens is 5. The van der Waals surface area contributed by atoms with Gasteiger partial charge < -0.3 is 23.8 Å². The SMILES string of the molecule is CN(Cc1nc(Br)cs1)C(=O)c1cc(-c2ncco2)nc(-c2nnc([C@@](C)(Cc3ccccc3)NC(=O)OC(C)(C)C)o2)c1. The molecule has 0 spiro atoms. The van der Waals surface area contributed by atoms with Gasteiger partial charge in [0.1, 0.15) is 38.4 Å². The van der Waals surface area contributed by atoms with E-state index in [1.165, 1.54) is 23.8 Å². The second-order valence-electron chi connectivity index (χ2n) is 11.2. The summed E-state index contributed by atoms with van der Waals surface area (Å²) < 4.78 is 17.9. The van der Waals surface area contributed by atoms with Crippen LogP contribution in [-0.2, 0) is 23.2 Å². The molecule has 14 heteroatoms. The molecule has 5 aromatic rings. The topological polar surface area (TPSA) is 149 Å². The zero-order valence-corrected chi connectivity index (χ0v) is 27.1. The largest absolute Gasteiger partial charge is 0.444 e. The van der Waals surface area contributed by atoms with Gasteiger partial charge in [0.25, 0.3) is 11.8 Å². The monoisotopic (exact) mass is 679 g/mol. The van der Waals surface area contributed by atoms with Gasteiger partial charge in [-0.1, -0.05) is 30.3 Å². The van der Waals surface area contributed by atoms with Crippen LogP contribution in [0.25, 0.3) is 23.2 Å². The number of halogens is 1. The van der Waals surface area contributed by atoms with Gasteiger partial charge in [0, 0.05) is 24.4 Å². The molecule has 1 N–H and O–H groups in total. The first kappa shape index (κ1) is 31.0.